The third-order valence-electron chi connectivity index (χ3n) is 5.08. The maximum atomic E-state index is 12.4. The smallest absolute Gasteiger partial charge is 0.321 e. The minimum absolute atomic E-state index is 0.0347. The molecule has 0 saturated carbocycles. The van der Waals surface area contributed by atoms with Crippen molar-refractivity contribution in [2.24, 2.45) is 0 Å². The number of rotatable bonds is 2. The molecule has 2 aliphatic rings. The Morgan fingerprint density at radius 2 is 1.78 bits per heavy atom. The van der Waals surface area contributed by atoms with Gasteiger partial charge in [0.1, 0.15) is 0 Å². The number of urea groups is 1. The van der Waals surface area contributed by atoms with Gasteiger partial charge in [-0.15, -0.1) is 0 Å². The quantitative estimate of drug-likeness (QED) is 0.909. The largest absolute Gasteiger partial charge is 0.324 e. The second-order valence-electron chi connectivity index (χ2n) is 6.86. The Hall–Kier alpha value is -1.59. The van der Waals surface area contributed by atoms with Gasteiger partial charge in [-0.25, -0.2) is 4.79 Å². The van der Waals surface area contributed by atoms with E-state index in [0.29, 0.717) is 6.04 Å². The van der Waals surface area contributed by atoms with Crippen LogP contribution >= 0.6 is 0 Å². The van der Waals surface area contributed by atoms with E-state index in [2.05, 4.69) is 22.2 Å². The number of nitrogens with zero attached hydrogens (tertiary/aromatic N) is 3. The van der Waals surface area contributed by atoms with Gasteiger partial charge < -0.3 is 15.1 Å². The molecule has 5 heteroatoms. The fourth-order valence-electron chi connectivity index (χ4n) is 3.55. The molecule has 2 saturated heterocycles. The number of hydrogen-bond donors (Lipinski definition) is 1. The van der Waals surface area contributed by atoms with E-state index in [1.807, 2.05) is 36.1 Å². The number of anilines is 1. The van der Waals surface area contributed by atoms with Gasteiger partial charge in [0.05, 0.1) is 0 Å². The molecule has 2 amide bonds. The lowest BCUT2D eigenvalue weighted by molar-refractivity contribution is 0.0765. The second kappa shape index (κ2) is 7.32. The average molecular weight is 316 g/mol. The summed E-state index contributed by atoms with van der Waals surface area (Å²) in [6.07, 6.45) is 2.18. The molecule has 2 fully saturated rings. The number of amides is 2. The van der Waals surface area contributed by atoms with E-state index in [4.69, 9.17) is 0 Å². The molecule has 126 valence electrons. The molecule has 0 aromatic heterocycles. The predicted molar refractivity (Wildman–Crippen MR) is 93.9 cm³/mol. The van der Waals surface area contributed by atoms with Gasteiger partial charge in [0.15, 0.2) is 0 Å². The van der Waals surface area contributed by atoms with Crippen molar-refractivity contribution in [3.63, 3.8) is 0 Å². The van der Waals surface area contributed by atoms with E-state index in [9.17, 15) is 4.79 Å². The van der Waals surface area contributed by atoms with Crippen LogP contribution in [0.3, 0.4) is 0 Å². The number of likely N-dealkylation sites (tertiary alicyclic amines) is 1. The van der Waals surface area contributed by atoms with Crippen LogP contribution in [-0.4, -0.2) is 73.1 Å². The van der Waals surface area contributed by atoms with Crippen LogP contribution in [0.4, 0.5) is 10.5 Å². The summed E-state index contributed by atoms with van der Waals surface area (Å²) in [7, 11) is 2.19. The molecule has 1 N–H and O–H groups in total. The fourth-order valence-corrected chi connectivity index (χ4v) is 3.55. The van der Waals surface area contributed by atoms with Crippen LogP contribution in [0.2, 0.25) is 0 Å². The standard InChI is InChI=1S/C18H28N4O/c1-15-4-3-5-16(14-15)19-18(23)22-8-6-17(7-9-22)21-12-10-20(2)11-13-21/h3-5,14,17H,6-13H2,1-2H3,(H,19,23). The number of piperidine rings is 1. The molecule has 0 radical (unpaired) electrons. The van der Waals surface area contributed by atoms with E-state index < -0.39 is 0 Å². The Morgan fingerprint density at radius 3 is 2.43 bits per heavy atom. The summed E-state index contributed by atoms with van der Waals surface area (Å²) in [6.45, 7) is 8.40. The molecule has 1 aromatic rings. The Balaban J connectivity index is 1.47. The molecule has 0 atom stereocenters. The SMILES string of the molecule is Cc1cccc(NC(=O)N2CCC(N3CCN(C)CC3)CC2)c1. The van der Waals surface area contributed by atoms with Crippen molar-refractivity contribution in [1.82, 2.24) is 14.7 Å². The maximum absolute atomic E-state index is 12.4. The van der Waals surface area contributed by atoms with Crippen LogP contribution in [0, 0.1) is 6.92 Å². The summed E-state index contributed by atoms with van der Waals surface area (Å²) in [5.41, 5.74) is 2.05. The molecule has 0 spiro atoms. The first kappa shape index (κ1) is 16.3. The third-order valence-corrected chi connectivity index (χ3v) is 5.08. The number of piperazine rings is 1. The van der Waals surface area contributed by atoms with Crippen LogP contribution in [0.5, 0.6) is 0 Å². The summed E-state index contributed by atoms with van der Waals surface area (Å²) in [5.74, 6) is 0. The minimum Gasteiger partial charge on any atom is -0.324 e. The maximum Gasteiger partial charge on any atom is 0.321 e. The number of aryl methyl sites for hydroxylation is 1. The highest BCUT2D eigenvalue weighted by molar-refractivity contribution is 5.89. The van der Waals surface area contributed by atoms with E-state index in [1.54, 1.807) is 0 Å². The van der Waals surface area contributed by atoms with E-state index in [1.165, 1.54) is 0 Å². The van der Waals surface area contributed by atoms with Crippen molar-refractivity contribution in [3.8, 4) is 0 Å². The predicted octanol–water partition coefficient (Wildman–Crippen LogP) is 2.24. The lowest BCUT2D eigenvalue weighted by Gasteiger charge is -2.42. The molecule has 1 aromatic carbocycles. The number of nitrogens with one attached hydrogen (secondary N) is 1. The molecule has 2 heterocycles. The molecule has 5 nitrogen and oxygen atoms in total. The van der Waals surface area contributed by atoms with Gasteiger partial charge >= 0.3 is 6.03 Å². The summed E-state index contributed by atoms with van der Waals surface area (Å²) in [6, 6.07) is 8.65. The van der Waals surface area contributed by atoms with Gasteiger partial charge in [0.2, 0.25) is 0 Å². The van der Waals surface area contributed by atoms with Gasteiger partial charge in [-0.3, -0.25) is 4.90 Å². The molecular formula is C18H28N4O. The average Bonchev–Trinajstić information content (AvgIpc) is 2.56. The Bertz CT molecular complexity index is 532. The highest BCUT2D eigenvalue weighted by atomic mass is 16.2. The van der Waals surface area contributed by atoms with E-state index in [-0.39, 0.29) is 6.03 Å². The van der Waals surface area contributed by atoms with Crippen molar-refractivity contribution < 1.29 is 4.79 Å². The summed E-state index contributed by atoms with van der Waals surface area (Å²) >= 11 is 0. The van der Waals surface area contributed by atoms with Crippen LogP contribution in [0.15, 0.2) is 24.3 Å². The second-order valence-corrected chi connectivity index (χ2v) is 6.86. The highest BCUT2D eigenvalue weighted by Gasteiger charge is 2.28. The van der Waals surface area contributed by atoms with Crippen molar-refractivity contribution in [3.05, 3.63) is 29.8 Å². The molecule has 0 bridgehead atoms. The molecular weight excluding hydrogens is 288 g/mol. The first-order valence-corrected chi connectivity index (χ1v) is 8.67. The Kier molecular flexibility index (Phi) is 5.18. The lowest BCUT2D eigenvalue weighted by Crippen LogP contribution is -2.53. The van der Waals surface area contributed by atoms with Crippen molar-refractivity contribution in [1.29, 1.82) is 0 Å². The zero-order valence-electron chi connectivity index (χ0n) is 14.3. The number of benzene rings is 1. The highest BCUT2D eigenvalue weighted by Crippen LogP contribution is 2.19. The van der Waals surface area contributed by atoms with Gasteiger partial charge in [-0.05, 0) is 44.5 Å². The summed E-state index contributed by atoms with van der Waals surface area (Å²) < 4.78 is 0. The number of carbonyl (C=O) groups is 1. The van der Waals surface area contributed by atoms with E-state index in [0.717, 1.165) is 63.4 Å². The number of carbonyl (C=O) groups excluding carboxylic acids is 1. The zero-order valence-corrected chi connectivity index (χ0v) is 14.3. The Labute approximate surface area is 139 Å². The van der Waals surface area contributed by atoms with Crippen LogP contribution < -0.4 is 5.32 Å². The van der Waals surface area contributed by atoms with Gasteiger partial charge in [-0.1, -0.05) is 12.1 Å². The van der Waals surface area contributed by atoms with Crippen LogP contribution in [-0.2, 0) is 0 Å². The summed E-state index contributed by atoms with van der Waals surface area (Å²) in [4.78, 5) is 19.3. The first-order valence-electron chi connectivity index (χ1n) is 8.67. The topological polar surface area (TPSA) is 38.8 Å². The molecule has 0 unspecified atom stereocenters. The molecule has 2 aliphatic heterocycles. The third kappa shape index (κ3) is 4.24. The van der Waals surface area contributed by atoms with E-state index >= 15 is 0 Å². The lowest BCUT2D eigenvalue weighted by atomic mass is 10.0. The van der Waals surface area contributed by atoms with Crippen molar-refractivity contribution >= 4 is 11.7 Å². The summed E-state index contributed by atoms with van der Waals surface area (Å²) in [5, 5.41) is 3.02. The zero-order chi connectivity index (χ0) is 16.2. The minimum atomic E-state index is 0.0347. The van der Waals surface area contributed by atoms with Crippen molar-refractivity contribution in [2.45, 2.75) is 25.8 Å². The molecule has 23 heavy (non-hydrogen) atoms. The van der Waals surface area contributed by atoms with Crippen molar-refractivity contribution in [2.75, 3.05) is 51.6 Å². The van der Waals surface area contributed by atoms with Gasteiger partial charge in [0, 0.05) is 51.0 Å². The van der Waals surface area contributed by atoms with Crippen LogP contribution in [0.1, 0.15) is 18.4 Å². The first-order chi connectivity index (χ1) is 11.1. The Morgan fingerprint density at radius 1 is 1.09 bits per heavy atom. The van der Waals surface area contributed by atoms with Crippen LogP contribution in [0.25, 0.3) is 0 Å². The normalized spacial score (nSPS) is 21.4. The number of likely N-dealkylation sites (N-methyl/N-ethyl adjacent to an activating group) is 1. The fraction of sp³-hybridized carbons (Fsp3) is 0.611. The number of hydrogen-bond acceptors (Lipinski definition) is 3. The van der Waals surface area contributed by atoms with Gasteiger partial charge in [-0.2, -0.15) is 0 Å². The molecule has 0 aliphatic carbocycles. The van der Waals surface area contributed by atoms with Gasteiger partial charge in [0.25, 0.3) is 0 Å². The monoisotopic (exact) mass is 316 g/mol. The molecule has 3 rings (SSSR count).